The molecule has 3 heteroatoms. The molecule has 0 N–H and O–H groups in total. The summed E-state index contributed by atoms with van der Waals surface area (Å²) in [6.07, 6.45) is 8.75. The van der Waals surface area contributed by atoms with Gasteiger partial charge in [-0.05, 0) is 118 Å². The van der Waals surface area contributed by atoms with E-state index in [0.717, 1.165) is 63.1 Å². The summed E-state index contributed by atoms with van der Waals surface area (Å²) in [7, 11) is 0. The van der Waals surface area contributed by atoms with E-state index < -0.39 is 0 Å². The average Bonchev–Trinajstić information content (AvgIpc) is 3.87. The van der Waals surface area contributed by atoms with E-state index in [-0.39, 0.29) is 0 Å². The maximum atomic E-state index is 6.52. The van der Waals surface area contributed by atoms with Crippen molar-refractivity contribution in [3.8, 4) is 27.9 Å². The predicted octanol–water partition coefficient (Wildman–Crippen LogP) is 16.4. The van der Waals surface area contributed by atoms with Gasteiger partial charge in [0.15, 0.2) is 0 Å². The number of fused-ring (bicyclic) bond motifs is 7. The summed E-state index contributed by atoms with van der Waals surface area (Å²) in [5.41, 5.74) is 15.8. The molecule has 0 unspecified atom stereocenters. The summed E-state index contributed by atoms with van der Waals surface area (Å²) in [6, 6.07) is 72.7. The summed E-state index contributed by atoms with van der Waals surface area (Å²) in [4.78, 5) is 2.42. The highest BCUT2D eigenvalue weighted by molar-refractivity contribution is 6.09. The number of benzene rings is 9. The van der Waals surface area contributed by atoms with Gasteiger partial charge in [-0.15, -0.1) is 0 Å². The molecule has 0 bridgehead atoms. The predicted molar refractivity (Wildman–Crippen MR) is 257 cm³/mol. The molecule has 3 nitrogen and oxygen atoms in total. The van der Waals surface area contributed by atoms with Crippen molar-refractivity contribution in [1.29, 1.82) is 0 Å². The summed E-state index contributed by atoms with van der Waals surface area (Å²) >= 11 is 0. The zero-order valence-corrected chi connectivity index (χ0v) is 33.5. The van der Waals surface area contributed by atoms with E-state index in [1.807, 2.05) is 6.07 Å². The van der Waals surface area contributed by atoms with Crippen LogP contribution in [0, 0.1) is 0 Å². The number of nitrogens with zero attached hydrogens (tertiary/aromatic N) is 2. The van der Waals surface area contributed by atoms with Crippen LogP contribution in [0.2, 0.25) is 0 Å². The van der Waals surface area contributed by atoms with Gasteiger partial charge in [0.25, 0.3) is 0 Å². The molecule has 0 aliphatic heterocycles. The first-order valence-corrected chi connectivity index (χ1v) is 21.1. The molecule has 288 valence electrons. The molecule has 0 amide bonds. The summed E-state index contributed by atoms with van der Waals surface area (Å²) < 4.78 is 8.91. The number of rotatable bonds is 7. The van der Waals surface area contributed by atoms with Crippen LogP contribution in [0.3, 0.4) is 0 Å². The minimum absolute atomic E-state index is 0.870. The topological polar surface area (TPSA) is 21.3 Å². The lowest BCUT2D eigenvalue weighted by Gasteiger charge is -2.29. The van der Waals surface area contributed by atoms with Gasteiger partial charge in [0.2, 0.25) is 0 Å². The molecule has 11 aromatic rings. The van der Waals surface area contributed by atoms with E-state index in [4.69, 9.17) is 4.42 Å². The van der Waals surface area contributed by atoms with Gasteiger partial charge in [0.1, 0.15) is 11.2 Å². The fourth-order valence-electron chi connectivity index (χ4n) is 9.47. The van der Waals surface area contributed by atoms with Crippen molar-refractivity contribution in [2.45, 2.75) is 12.8 Å². The highest BCUT2D eigenvalue weighted by Crippen LogP contribution is 2.45. The van der Waals surface area contributed by atoms with Crippen molar-refractivity contribution in [3.05, 3.63) is 224 Å². The molecule has 9 aromatic carbocycles. The first-order valence-electron chi connectivity index (χ1n) is 21.1. The second-order valence-electron chi connectivity index (χ2n) is 16.0. The summed E-state index contributed by atoms with van der Waals surface area (Å²) in [5.74, 6) is 0. The monoisotopic (exact) mass is 780 g/mol. The molecular formula is C58H40N2O. The van der Waals surface area contributed by atoms with Crippen LogP contribution in [-0.2, 0) is 0 Å². The minimum atomic E-state index is 0.870. The van der Waals surface area contributed by atoms with Crippen molar-refractivity contribution in [2.24, 2.45) is 0 Å². The SMILES string of the molecule is C1=CCCC(c2ccc(-c3ccc4ccccc4c3)cc2N(c2ccc(-c3cccc(-n4c5ccccc5c5ccccc54)c3)cc2)c2ccc3c(c2)oc2ccccc23)=C1. The Kier molecular flexibility index (Phi) is 8.31. The van der Waals surface area contributed by atoms with Crippen LogP contribution in [0.4, 0.5) is 17.1 Å². The Bertz CT molecular complexity index is 3490. The smallest absolute Gasteiger partial charge is 0.137 e. The summed E-state index contributed by atoms with van der Waals surface area (Å²) in [5, 5.41) is 7.24. The van der Waals surface area contributed by atoms with Crippen LogP contribution in [0.25, 0.3) is 88.0 Å². The van der Waals surface area contributed by atoms with E-state index >= 15 is 0 Å². The summed E-state index contributed by atoms with van der Waals surface area (Å²) in [6.45, 7) is 0. The van der Waals surface area contributed by atoms with Crippen molar-refractivity contribution in [1.82, 2.24) is 4.57 Å². The molecule has 0 radical (unpaired) electrons. The van der Waals surface area contributed by atoms with Gasteiger partial charge in [-0.25, -0.2) is 0 Å². The lowest BCUT2D eigenvalue weighted by Crippen LogP contribution is -2.12. The molecule has 2 aromatic heterocycles. The highest BCUT2D eigenvalue weighted by Gasteiger charge is 2.22. The maximum absolute atomic E-state index is 6.52. The number of anilines is 3. The Morgan fingerprint density at radius 1 is 0.443 bits per heavy atom. The number of aromatic nitrogens is 1. The average molecular weight is 781 g/mol. The number of para-hydroxylation sites is 3. The molecular weight excluding hydrogens is 741 g/mol. The van der Waals surface area contributed by atoms with E-state index in [1.165, 1.54) is 60.4 Å². The maximum Gasteiger partial charge on any atom is 0.137 e. The molecule has 1 aliphatic carbocycles. The first-order chi connectivity index (χ1) is 30.2. The van der Waals surface area contributed by atoms with Crippen LogP contribution in [0.1, 0.15) is 18.4 Å². The zero-order chi connectivity index (χ0) is 40.3. The Balaban J connectivity index is 1.02. The van der Waals surface area contributed by atoms with Gasteiger partial charge in [-0.1, -0.05) is 146 Å². The first kappa shape index (κ1) is 35.1. The standard InChI is InChI=1S/C58H40N2O/c1-2-14-41(15-3-1)49-33-29-45(44-26-25-39-13-4-5-16-42(39)35-44)37-56(49)59(48-32-34-53-52-21-8-11-24-57(52)61-58(53)38-48)46-30-27-40(28-31-46)43-17-12-18-47(36-43)60-54-22-9-6-19-50(54)51-20-7-10-23-55(51)60/h1-2,4-14,16-38H,3,15H2. The molecule has 0 spiro atoms. The molecule has 0 atom stereocenters. The number of hydrogen-bond acceptors (Lipinski definition) is 2. The third-order valence-corrected chi connectivity index (χ3v) is 12.4. The van der Waals surface area contributed by atoms with Crippen molar-refractivity contribution in [3.63, 3.8) is 0 Å². The van der Waals surface area contributed by atoms with Crippen molar-refractivity contribution >= 4 is 77.2 Å². The molecule has 0 saturated carbocycles. The van der Waals surface area contributed by atoms with Crippen molar-refractivity contribution in [2.75, 3.05) is 4.90 Å². The van der Waals surface area contributed by atoms with E-state index in [2.05, 4.69) is 222 Å². The molecule has 12 rings (SSSR count). The molecule has 61 heavy (non-hydrogen) atoms. The minimum Gasteiger partial charge on any atom is -0.456 e. The Labute approximate surface area is 354 Å². The van der Waals surface area contributed by atoms with Crippen LogP contribution in [0.5, 0.6) is 0 Å². The second-order valence-corrected chi connectivity index (χ2v) is 16.0. The van der Waals surface area contributed by atoms with Crippen LogP contribution in [0.15, 0.2) is 223 Å². The van der Waals surface area contributed by atoms with Gasteiger partial charge in [0.05, 0.1) is 16.7 Å². The number of allylic oxidation sites excluding steroid dienone is 4. The third-order valence-electron chi connectivity index (χ3n) is 12.4. The van der Waals surface area contributed by atoms with E-state index in [9.17, 15) is 0 Å². The quantitative estimate of drug-likeness (QED) is 0.161. The molecule has 0 fully saturated rings. The molecule has 2 heterocycles. The normalized spacial score (nSPS) is 12.8. The fraction of sp³-hybridized carbons (Fsp3) is 0.0345. The highest BCUT2D eigenvalue weighted by atomic mass is 16.3. The van der Waals surface area contributed by atoms with E-state index in [1.54, 1.807) is 0 Å². The lowest BCUT2D eigenvalue weighted by molar-refractivity contribution is 0.669. The van der Waals surface area contributed by atoms with Crippen LogP contribution >= 0.6 is 0 Å². The largest absolute Gasteiger partial charge is 0.456 e. The Morgan fingerprint density at radius 2 is 1.10 bits per heavy atom. The van der Waals surface area contributed by atoms with Gasteiger partial charge in [-0.2, -0.15) is 0 Å². The third kappa shape index (κ3) is 6.05. The van der Waals surface area contributed by atoms with Gasteiger partial charge < -0.3 is 13.9 Å². The van der Waals surface area contributed by atoms with Crippen molar-refractivity contribution < 1.29 is 4.42 Å². The van der Waals surface area contributed by atoms with Gasteiger partial charge in [0, 0.05) is 50.2 Å². The Morgan fingerprint density at radius 3 is 1.90 bits per heavy atom. The van der Waals surface area contributed by atoms with Crippen LogP contribution < -0.4 is 4.90 Å². The lowest BCUT2D eigenvalue weighted by atomic mass is 9.92. The van der Waals surface area contributed by atoms with Gasteiger partial charge in [-0.3, -0.25) is 0 Å². The van der Waals surface area contributed by atoms with E-state index in [0.29, 0.717) is 0 Å². The second kappa shape index (κ2) is 14.4. The number of furan rings is 1. The Hall–Kier alpha value is -7.88. The zero-order valence-electron chi connectivity index (χ0n) is 33.5. The molecule has 1 aliphatic rings. The number of hydrogen-bond donors (Lipinski definition) is 0. The van der Waals surface area contributed by atoms with Gasteiger partial charge >= 0.3 is 0 Å². The molecule has 0 saturated heterocycles. The van der Waals surface area contributed by atoms with Crippen LogP contribution in [-0.4, -0.2) is 4.57 Å². The fourth-order valence-corrected chi connectivity index (χ4v) is 9.47.